The van der Waals surface area contributed by atoms with Crippen molar-refractivity contribution in [3.8, 4) is 0 Å². The van der Waals surface area contributed by atoms with Gasteiger partial charge in [0.15, 0.2) is 0 Å². The zero-order chi connectivity index (χ0) is 14.7. The molecular formula is C18H19NO2. The van der Waals surface area contributed by atoms with E-state index < -0.39 is 17.1 Å². The van der Waals surface area contributed by atoms with Crippen LogP contribution in [0.5, 0.6) is 0 Å². The molecule has 0 radical (unpaired) electrons. The van der Waals surface area contributed by atoms with E-state index in [1.807, 2.05) is 54.3 Å². The zero-order valence-corrected chi connectivity index (χ0v) is 12.1. The van der Waals surface area contributed by atoms with E-state index in [1.165, 1.54) is 0 Å². The van der Waals surface area contributed by atoms with Crippen molar-refractivity contribution in [1.82, 2.24) is 4.90 Å². The van der Waals surface area contributed by atoms with Crippen molar-refractivity contribution >= 4 is 5.91 Å². The number of benzene rings is 1. The van der Waals surface area contributed by atoms with Crippen molar-refractivity contribution in [2.45, 2.75) is 36.8 Å². The Balaban J connectivity index is 1.92. The highest BCUT2D eigenvalue weighted by molar-refractivity contribution is 5.92. The third kappa shape index (κ3) is 1.45. The van der Waals surface area contributed by atoms with Crippen LogP contribution < -0.4 is 0 Å². The molecule has 1 aliphatic carbocycles. The molecule has 0 saturated carbocycles. The van der Waals surface area contributed by atoms with Gasteiger partial charge in [-0.15, -0.1) is 0 Å². The first-order valence-corrected chi connectivity index (χ1v) is 7.56. The average molecular weight is 281 g/mol. The Hall–Kier alpha value is -1.87. The summed E-state index contributed by atoms with van der Waals surface area (Å²) in [6, 6.07) is 9.67. The van der Waals surface area contributed by atoms with Gasteiger partial charge < -0.3 is 10.0 Å². The lowest BCUT2D eigenvalue weighted by molar-refractivity contribution is -0.130. The normalized spacial score (nSPS) is 37.4. The number of aliphatic hydroxyl groups is 1. The molecule has 2 aliphatic heterocycles. The second-order valence-electron chi connectivity index (χ2n) is 6.41. The highest BCUT2D eigenvalue weighted by atomic mass is 16.3. The van der Waals surface area contributed by atoms with Gasteiger partial charge in [-0.1, -0.05) is 48.1 Å². The van der Waals surface area contributed by atoms with Crippen LogP contribution in [0.1, 0.15) is 31.2 Å². The van der Waals surface area contributed by atoms with Crippen molar-refractivity contribution < 1.29 is 9.90 Å². The van der Waals surface area contributed by atoms with Crippen LogP contribution in [-0.4, -0.2) is 33.6 Å². The Morgan fingerprint density at radius 1 is 1.29 bits per heavy atom. The second-order valence-corrected chi connectivity index (χ2v) is 6.41. The molecule has 3 aliphatic rings. The van der Waals surface area contributed by atoms with Crippen LogP contribution in [0, 0.1) is 0 Å². The molecule has 3 atom stereocenters. The maximum atomic E-state index is 13.0. The van der Waals surface area contributed by atoms with Crippen LogP contribution in [0.3, 0.4) is 0 Å². The average Bonchev–Trinajstić information content (AvgIpc) is 2.96. The van der Waals surface area contributed by atoms with Crippen molar-refractivity contribution in [3.63, 3.8) is 0 Å². The minimum atomic E-state index is -1.14. The number of hydrogen-bond donors (Lipinski definition) is 1. The third-order valence-corrected chi connectivity index (χ3v) is 5.27. The van der Waals surface area contributed by atoms with Gasteiger partial charge in [0.1, 0.15) is 5.60 Å². The molecule has 0 bridgehead atoms. The molecule has 108 valence electrons. The van der Waals surface area contributed by atoms with E-state index in [0.717, 1.165) is 30.5 Å². The molecule has 21 heavy (non-hydrogen) atoms. The van der Waals surface area contributed by atoms with E-state index in [1.54, 1.807) is 0 Å². The lowest BCUT2D eigenvalue weighted by atomic mass is 9.68. The largest absolute Gasteiger partial charge is 0.382 e. The monoisotopic (exact) mass is 281 g/mol. The molecule has 3 heteroatoms. The number of rotatable bonds is 1. The van der Waals surface area contributed by atoms with Gasteiger partial charge in [-0.05, 0) is 31.4 Å². The van der Waals surface area contributed by atoms with Crippen LogP contribution in [0.2, 0.25) is 0 Å². The standard InChI is InChI=1S/C18H19NO2/c1-13-8-10-18(21)15(14-6-3-2-4-7-14)16(20)19-11-5-9-17(18,19)12-13/h2-4,6-8,10,12,15,21H,5,9,11H2,1H3/t15-,17+,18-/m0/s1. The van der Waals surface area contributed by atoms with E-state index in [9.17, 15) is 9.90 Å². The molecule has 2 fully saturated rings. The number of hydrogen-bond acceptors (Lipinski definition) is 2. The Kier molecular flexibility index (Phi) is 2.49. The smallest absolute Gasteiger partial charge is 0.234 e. The molecule has 0 aromatic heterocycles. The zero-order valence-electron chi connectivity index (χ0n) is 12.1. The summed E-state index contributed by atoms with van der Waals surface area (Å²) in [5.41, 5.74) is 0.328. The summed E-state index contributed by atoms with van der Waals surface area (Å²) < 4.78 is 0. The van der Waals surface area contributed by atoms with Gasteiger partial charge in [-0.2, -0.15) is 0 Å². The minimum Gasteiger partial charge on any atom is -0.382 e. The van der Waals surface area contributed by atoms with Gasteiger partial charge in [-0.25, -0.2) is 0 Å². The van der Waals surface area contributed by atoms with E-state index >= 15 is 0 Å². The van der Waals surface area contributed by atoms with Crippen molar-refractivity contribution in [2.24, 2.45) is 0 Å². The van der Waals surface area contributed by atoms with Gasteiger partial charge in [0, 0.05) is 6.54 Å². The molecule has 1 aromatic carbocycles. The Morgan fingerprint density at radius 2 is 2.05 bits per heavy atom. The van der Waals surface area contributed by atoms with Crippen LogP contribution >= 0.6 is 0 Å². The highest BCUT2D eigenvalue weighted by Crippen LogP contribution is 2.56. The Morgan fingerprint density at radius 3 is 2.81 bits per heavy atom. The second kappa shape index (κ2) is 4.08. The number of carbonyl (C=O) groups excluding carboxylic acids is 1. The van der Waals surface area contributed by atoms with E-state index in [2.05, 4.69) is 6.08 Å². The van der Waals surface area contributed by atoms with Crippen LogP contribution in [0.4, 0.5) is 0 Å². The molecule has 1 N–H and O–H groups in total. The molecule has 1 spiro atoms. The first kappa shape index (κ1) is 12.8. The van der Waals surface area contributed by atoms with Crippen molar-refractivity contribution in [3.05, 3.63) is 59.7 Å². The maximum Gasteiger partial charge on any atom is 0.234 e. The lowest BCUT2D eigenvalue weighted by Crippen LogP contribution is -2.55. The summed E-state index contributed by atoms with van der Waals surface area (Å²) in [5, 5.41) is 11.5. The van der Waals surface area contributed by atoms with Crippen LogP contribution in [0.25, 0.3) is 0 Å². The van der Waals surface area contributed by atoms with Crippen molar-refractivity contribution in [1.29, 1.82) is 0 Å². The lowest BCUT2D eigenvalue weighted by Gasteiger charge is -2.42. The SMILES string of the molecule is CC1=C[C@@]23CCCN2C(=O)[C@H](c2ccccc2)[C@@]3(O)C=C1. The van der Waals surface area contributed by atoms with Gasteiger partial charge in [-0.3, -0.25) is 4.79 Å². The third-order valence-electron chi connectivity index (χ3n) is 5.27. The summed E-state index contributed by atoms with van der Waals surface area (Å²) in [4.78, 5) is 14.9. The van der Waals surface area contributed by atoms with Crippen LogP contribution in [-0.2, 0) is 4.79 Å². The first-order valence-electron chi connectivity index (χ1n) is 7.56. The molecule has 1 aromatic rings. The molecule has 0 unspecified atom stereocenters. The fraction of sp³-hybridized carbons (Fsp3) is 0.389. The molecule has 1 amide bonds. The number of carbonyl (C=O) groups is 1. The van der Waals surface area contributed by atoms with E-state index in [0.29, 0.717) is 0 Å². The summed E-state index contributed by atoms with van der Waals surface area (Å²) in [5.74, 6) is -0.448. The van der Waals surface area contributed by atoms with Gasteiger partial charge >= 0.3 is 0 Å². The van der Waals surface area contributed by atoms with Crippen molar-refractivity contribution in [2.75, 3.05) is 6.54 Å². The minimum absolute atomic E-state index is 0.0526. The van der Waals surface area contributed by atoms with Crippen LogP contribution in [0.15, 0.2) is 54.1 Å². The number of allylic oxidation sites excluding steroid dienone is 2. The number of nitrogens with zero attached hydrogens (tertiary/aromatic N) is 1. The summed E-state index contributed by atoms with van der Waals surface area (Å²) >= 11 is 0. The van der Waals surface area contributed by atoms with Gasteiger partial charge in [0.05, 0.1) is 11.5 Å². The molecule has 3 nitrogen and oxygen atoms in total. The molecule has 4 rings (SSSR count). The van der Waals surface area contributed by atoms with E-state index in [4.69, 9.17) is 0 Å². The Labute approximate surface area is 124 Å². The fourth-order valence-electron chi connectivity index (χ4n) is 4.39. The molecular weight excluding hydrogens is 262 g/mol. The predicted octanol–water partition coefficient (Wildman–Crippen LogP) is 2.39. The van der Waals surface area contributed by atoms with Gasteiger partial charge in [0.2, 0.25) is 5.91 Å². The highest BCUT2D eigenvalue weighted by Gasteiger charge is 2.68. The van der Waals surface area contributed by atoms with E-state index in [-0.39, 0.29) is 5.91 Å². The summed E-state index contributed by atoms with van der Waals surface area (Å²) in [6.07, 6.45) is 7.67. The Bertz CT molecular complexity index is 663. The molecule has 2 saturated heterocycles. The molecule has 2 heterocycles. The fourth-order valence-corrected chi connectivity index (χ4v) is 4.39. The maximum absolute atomic E-state index is 13.0. The quantitative estimate of drug-likeness (QED) is 0.858. The summed E-state index contributed by atoms with van der Waals surface area (Å²) in [6.45, 7) is 2.77. The summed E-state index contributed by atoms with van der Waals surface area (Å²) in [7, 11) is 0. The first-order chi connectivity index (χ1) is 10.1. The van der Waals surface area contributed by atoms with Gasteiger partial charge in [0.25, 0.3) is 0 Å². The topological polar surface area (TPSA) is 40.5 Å². The predicted molar refractivity (Wildman–Crippen MR) is 80.7 cm³/mol. The number of amides is 1.